The van der Waals surface area contributed by atoms with E-state index in [0.29, 0.717) is 5.41 Å². The summed E-state index contributed by atoms with van der Waals surface area (Å²) in [6.45, 7) is 7.13. The van der Waals surface area contributed by atoms with Crippen molar-refractivity contribution in [2.24, 2.45) is 5.92 Å². The van der Waals surface area contributed by atoms with Crippen LogP contribution in [0.4, 0.5) is 5.69 Å². The van der Waals surface area contributed by atoms with Gasteiger partial charge in [0.2, 0.25) is 0 Å². The highest BCUT2D eigenvalue weighted by atomic mass is 15.2. The molecule has 1 fully saturated rings. The number of rotatable bonds is 0. The molecule has 2 aliphatic heterocycles. The van der Waals surface area contributed by atoms with Gasteiger partial charge in [-0.3, -0.25) is 0 Å². The first-order valence-corrected chi connectivity index (χ1v) is 7.37. The summed E-state index contributed by atoms with van der Waals surface area (Å²) in [6, 6.07) is 6.97. The summed E-state index contributed by atoms with van der Waals surface area (Å²) in [5.74, 6) is 0.873. The Morgan fingerprint density at radius 1 is 1.39 bits per heavy atom. The van der Waals surface area contributed by atoms with Crippen LogP contribution < -0.4 is 10.2 Å². The first-order chi connectivity index (χ1) is 8.79. The molecule has 0 radical (unpaired) electrons. The lowest BCUT2D eigenvalue weighted by Gasteiger charge is -2.45. The van der Waals surface area contributed by atoms with Crippen molar-refractivity contribution in [2.75, 3.05) is 24.5 Å². The minimum Gasteiger partial charge on any atom is -0.369 e. The Kier molecular flexibility index (Phi) is 2.25. The molecule has 2 nitrogen and oxygen atoms in total. The van der Waals surface area contributed by atoms with E-state index in [1.54, 1.807) is 11.3 Å². The van der Waals surface area contributed by atoms with Crippen LogP contribution in [0.3, 0.4) is 0 Å². The molecule has 1 aromatic rings. The molecule has 1 aliphatic carbocycles. The van der Waals surface area contributed by atoms with E-state index in [0.717, 1.165) is 19.0 Å². The Morgan fingerprint density at radius 3 is 3.28 bits per heavy atom. The van der Waals surface area contributed by atoms with Crippen molar-refractivity contribution in [1.82, 2.24) is 5.32 Å². The van der Waals surface area contributed by atoms with E-state index >= 15 is 0 Å². The summed E-state index contributed by atoms with van der Waals surface area (Å²) in [7, 11) is 0. The standard InChI is InChI=1S/C16H22N2/c1-16-7-3-5-13(16)11-18-9-8-17-10-12-4-2-6-14(16)15(12)18/h2,4,6,13,17H,3,5,7-11H2,1H3/t13-,16+/m0/s1. The first-order valence-electron chi connectivity index (χ1n) is 7.37. The molecule has 0 amide bonds. The lowest BCUT2D eigenvalue weighted by atomic mass is 9.70. The minimum absolute atomic E-state index is 0.451. The van der Waals surface area contributed by atoms with E-state index in [2.05, 4.69) is 35.3 Å². The van der Waals surface area contributed by atoms with Crippen LogP contribution in [0, 0.1) is 5.92 Å². The fourth-order valence-corrected chi connectivity index (χ4v) is 4.45. The van der Waals surface area contributed by atoms with Gasteiger partial charge in [-0.15, -0.1) is 0 Å². The largest absolute Gasteiger partial charge is 0.369 e. The zero-order valence-corrected chi connectivity index (χ0v) is 11.2. The first kappa shape index (κ1) is 10.9. The third-order valence-electron chi connectivity index (χ3n) is 5.52. The Balaban J connectivity index is 1.93. The molecule has 18 heavy (non-hydrogen) atoms. The molecule has 2 heterocycles. The lowest BCUT2D eigenvalue weighted by Crippen LogP contribution is -2.45. The third kappa shape index (κ3) is 1.33. The fourth-order valence-electron chi connectivity index (χ4n) is 4.45. The molecule has 0 saturated heterocycles. The normalized spacial score (nSPS) is 33.8. The van der Waals surface area contributed by atoms with Gasteiger partial charge in [-0.2, -0.15) is 0 Å². The van der Waals surface area contributed by atoms with Crippen molar-refractivity contribution < 1.29 is 0 Å². The number of benzene rings is 1. The number of anilines is 1. The van der Waals surface area contributed by atoms with E-state index in [1.165, 1.54) is 37.9 Å². The number of hydrogen-bond donors (Lipinski definition) is 1. The monoisotopic (exact) mass is 242 g/mol. The van der Waals surface area contributed by atoms with Crippen LogP contribution in [0.1, 0.15) is 37.3 Å². The van der Waals surface area contributed by atoms with E-state index in [-0.39, 0.29) is 0 Å². The smallest absolute Gasteiger partial charge is 0.0450 e. The average molecular weight is 242 g/mol. The van der Waals surface area contributed by atoms with Crippen molar-refractivity contribution in [3.8, 4) is 0 Å². The molecule has 0 aromatic heterocycles. The van der Waals surface area contributed by atoms with Crippen LogP contribution >= 0.6 is 0 Å². The Bertz CT molecular complexity index is 482. The maximum absolute atomic E-state index is 3.56. The van der Waals surface area contributed by atoms with Crippen molar-refractivity contribution in [3.63, 3.8) is 0 Å². The summed E-state index contributed by atoms with van der Waals surface area (Å²) >= 11 is 0. The Labute approximate surface area is 109 Å². The quantitative estimate of drug-likeness (QED) is 0.752. The van der Waals surface area contributed by atoms with Crippen molar-refractivity contribution in [1.29, 1.82) is 0 Å². The van der Waals surface area contributed by atoms with E-state index < -0.39 is 0 Å². The zero-order chi connectivity index (χ0) is 12.2. The number of fused-ring (bicyclic) bond motifs is 2. The molecule has 3 aliphatic rings. The molecule has 0 spiro atoms. The topological polar surface area (TPSA) is 15.3 Å². The second-order valence-corrected chi connectivity index (χ2v) is 6.44. The molecule has 1 aromatic carbocycles. The van der Waals surface area contributed by atoms with Gasteiger partial charge in [0, 0.05) is 31.9 Å². The highest BCUT2D eigenvalue weighted by Gasteiger charge is 2.46. The van der Waals surface area contributed by atoms with Crippen LogP contribution in [-0.2, 0) is 12.0 Å². The maximum atomic E-state index is 3.56. The molecule has 1 saturated carbocycles. The Morgan fingerprint density at radius 2 is 2.33 bits per heavy atom. The van der Waals surface area contributed by atoms with E-state index in [9.17, 15) is 0 Å². The van der Waals surface area contributed by atoms with Gasteiger partial charge >= 0.3 is 0 Å². The van der Waals surface area contributed by atoms with Crippen molar-refractivity contribution >= 4 is 5.69 Å². The summed E-state index contributed by atoms with van der Waals surface area (Å²) in [6.07, 6.45) is 4.22. The minimum atomic E-state index is 0.451. The molecular formula is C16H22N2. The van der Waals surface area contributed by atoms with E-state index in [4.69, 9.17) is 0 Å². The van der Waals surface area contributed by atoms with E-state index in [1.807, 2.05) is 0 Å². The third-order valence-corrected chi connectivity index (χ3v) is 5.52. The van der Waals surface area contributed by atoms with Gasteiger partial charge in [0.05, 0.1) is 0 Å². The average Bonchev–Trinajstić information content (AvgIpc) is 2.64. The van der Waals surface area contributed by atoms with Crippen LogP contribution in [0.2, 0.25) is 0 Å². The fraction of sp³-hybridized carbons (Fsp3) is 0.625. The molecule has 0 bridgehead atoms. The molecular weight excluding hydrogens is 220 g/mol. The molecule has 2 atom stereocenters. The van der Waals surface area contributed by atoms with Gasteiger partial charge < -0.3 is 10.2 Å². The van der Waals surface area contributed by atoms with Crippen molar-refractivity contribution in [2.45, 2.75) is 38.1 Å². The number of nitrogens with one attached hydrogen (secondary N) is 1. The second-order valence-electron chi connectivity index (χ2n) is 6.44. The highest BCUT2D eigenvalue weighted by molar-refractivity contribution is 5.65. The number of para-hydroxylation sites is 1. The van der Waals surface area contributed by atoms with Gasteiger partial charge in [0.25, 0.3) is 0 Å². The molecule has 4 rings (SSSR count). The SMILES string of the molecule is C[C@@]12CCC[C@H]1CN1CCNCc3cccc2c31. The molecule has 0 unspecified atom stereocenters. The van der Waals surface area contributed by atoms with Crippen LogP contribution in [-0.4, -0.2) is 19.6 Å². The van der Waals surface area contributed by atoms with Gasteiger partial charge in [0.15, 0.2) is 0 Å². The highest BCUT2D eigenvalue weighted by Crippen LogP contribution is 2.53. The predicted molar refractivity (Wildman–Crippen MR) is 75.1 cm³/mol. The van der Waals surface area contributed by atoms with Crippen LogP contribution in [0.5, 0.6) is 0 Å². The molecule has 2 heteroatoms. The number of hydrogen-bond acceptors (Lipinski definition) is 2. The predicted octanol–water partition coefficient (Wildman–Crippen LogP) is 2.67. The maximum Gasteiger partial charge on any atom is 0.0450 e. The summed E-state index contributed by atoms with van der Waals surface area (Å²) in [5.41, 5.74) is 5.17. The van der Waals surface area contributed by atoms with Gasteiger partial charge in [0.1, 0.15) is 0 Å². The molecule has 96 valence electrons. The van der Waals surface area contributed by atoms with Crippen molar-refractivity contribution in [3.05, 3.63) is 29.3 Å². The number of nitrogens with zero attached hydrogens (tertiary/aromatic N) is 1. The summed E-state index contributed by atoms with van der Waals surface area (Å²) in [5, 5.41) is 3.56. The summed E-state index contributed by atoms with van der Waals surface area (Å²) < 4.78 is 0. The lowest BCUT2D eigenvalue weighted by molar-refractivity contribution is 0.327. The molecule has 1 N–H and O–H groups in total. The second kappa shape index (κ2) is 3.74. The van der Waals surface area contributed by atoms with Crippen LogP contribution in [0.15, 0.2) is 18.2 Å². The summed E-state index contributed by atoms with van der Waals surface area (Å²) in [4.78, 5) is 2.66. The van der Waals surface area contributed by atoms with Gasteiger partial charge in [-0.05, 0) is 35.3 Å². The zero-order valence-electron chi connectivity index (χ0n) is 11.2. The Hall–Kier alpha value is -1.02. The van der Waals surface area contributed by atoms with Crippen LogP contribution in [0.25, 0.3) is 0 Å². The van der Waals surface area contributed by atoms with Gasteiger partial charge in [-0.1, -0.05) is 31.5 Å². The van der Waals surface area contributed by atoms with Gasteiger partial charge in [-0.25, -0.2) is 0 Å².